The molecule has 1 heterocycles. The molecule has 0 bridgehead atoms. The van der Waals surface area contributed by atoms with Crippen molar-refractivity contribution in [1.29, 1.82) is 0 Å². The van der Waals surface area contributed by atoms with E-state index in [2.05, 4.69) is 10.0 Å². The number of rotatable bonds is 10. The molecular formula is C30H30F3N3O5S. The predicted molar refractivity (Wildman–Crippen MR) is 152 cm³/mol. The first kappa shape index (κ1) is 30.6. The summed E-state index contributed by atoms with van der Waals surface area (Å²) in [5.74, 6) is -1.70. The maximum Gasteiger partial charge on any atom is 0.389 e. The van der Waals surface area contributed by atoms with Crippen molar-refractivity contribution in [2.45, 2.75) is 37.9 Å². The first-order chi connectivity index (χ1) is 19.8. The molecule has 0 aliphatic rings. The largest absolute Gasteiger partial charge is 0.496 e. The first-order valence-electron chi connectivity index (χ1n) is 13.0. The lowest BCUT2D eigenvalue weighted by Crippen LogP contribution is -2.31. The highest BCUT2D eigenvalue weighted by Gasteiger charge is 2.30. The monoisotopic (exact) mass is 601 g/mol. The summed E-state index contributed by atoms with van der Waals surface area (Å²) in [6.45, 7) is 3.24. The van der Waals surface area contributed by atoms with Crippen LogP contribution in [0.3, 0.4) is 0 Å². The van der Waals surface area contributed by atoms with Crippen LogP contribution in [-0.2, 0) is 16.6 Å². The Morgan fingerprint density at radius 3 is 2.36 bits per heavy atom. The van der Waals surface area contributed by atoms with Crippen molar-refractivity contribution >= 4 is 32.7 Å². The molecule has 0 unspecified atom stereocenters. The SMILES string of the molecule is COc1cc(C(=O)NS(=O)(=O)c2ccccc2C)ccc1Cn1ccc2ccc(C(=O)NC[C@@H](C)CC(F)(F)F)cc21. The molecule has 0 saturated heterocycles. The van der Waals surface area contributed by atoms with E-state index in [0.29, 0.717) is 34.5 Å². The molecule has 1 atom stereocenters. The lowest BCUT2D eigenvalue weighted by molar-refractivity contribution is -0.142. The molecule has 2 amide bonds. The number of ether oxygens (including phenoxy) is 1. The summed E-state index contributed by atoms with van der Waals surface area (Å²) < 4.78 is 72.8. The Morgan fingerprint density at radius 1 is 0.976 bits per heavy atom. The van der Waals surface area contributed by atoms with Crippen molar-refractivity contribution in [2.24, 2.45) is 5.92 Å². The van der Waals surface area contributed by atoms with E-state index in [-0.39, 0.29) is 17.0 Å². The molecule has 2 N–H and O–H groups in total. The molecule has 0 spiro atoms. The van der Waals surface area contributed by atoms with Gasteiger partial charge in [0, 0.05) is 41.4 Å². The van der Waals surface area contributed by atoms with E-state index in [4.69, 9.17) is 4.74 Å². The van der Waals surface area contributed by atoms with Gasteiger partial charge in [-0.25, -0.2) is 13.1 Å². The van der Waals surface area contributed by atoms with E-state index >= 15 is 0 Å². The van der Waals surface area contributed by atoms with E-state index in [1.165, 1.54) is 32.2 Å². The van der Waals surface area contributed by atoms with Gasteiger partial charge in [0.15, 0.2) is 0 Å². The number of benzene rings is 3. The van der Waals surface area contributed by atoms with Gasteiger partial charge in [-0.3, -0.25) is 9.59 Å². The minimum Gasteiger partial charge on any atom is -0.496 e. The van der Waals surface area contributed by atoms with Crippen molar-refractivity contribution in [3.63, 3.8) is 0 Å². The number of fused-ring (bicyclic) bond motifs is 1. The van der Waals surface area contributed by atoms with Gasteiger partial charge in [-0.2, -0.15) is 13.2 Å². The van der Waals surface area contributed by atoms with Crippen LogP contribution < -0.4 is 14.8 Å². The number of nitrogens with zero attached hydrogens (tertiary/aromatic N) is 1. The van der Waals surface area contributed by atoms with E-state index in [9.17, 15) is 31.2 Å². The number of methoxy groups -OCH3 is 1. The molecule has 3 aromatic carbocycles. The third-order valence-corrected chi connectivity index (χ3v) is 8.22. The minimum absolute atomic E-state index is 0.00490. The number of hydrogen-bond donors (Lipinski definition) is 2. The molecule has 1 aromatic heterocycles. The summed E-state index contributed by atoms with van der Waals surface area (Å²) in [5.41, 5.74) is 2.28. The van der Waals surface area contributed by atoms with Gasteiger partial charge in [-0.05, 0) is 60.2 Å². The van der Waals surface area contributed by atoms with Crippen molar-refractivity contribution in [2.75, 3.05) is 13.7 Å². The summed E-state index contributed by atoms with van der Waals surface area (Å²) in [6.07, 6.45) is -3.47. The van der Waals surface area contributed by atoms with Crippen molar-refractivity contribution in [1.82, 2.24) is 14.6 Å². The third kappa shape index (κ3) is 7.30. The molecule has 42 heavy (non-hydrogen) atoms. The molecule has 0 aliphatic carbocycles. The quantitative estimate of drug-likeness (QED) is 0.252. The highest BCUT2D eigenvalue weighted by atomic mass is 32.2. The Labute approximate surface area is 241 Å². The maximum absolute atomic E-state index is 12.8. The van der Waals surface area contributed by atoms with Gasteiger partial charge in [0.05, 0.1) is 18.6 Å². The number of sulfonamides is 1. The number of hydrogen-bond acceptors (Lipinski definition) is 5. The van der Waals surface area contributed by atoms with Crippen molar-refractivity contribution < 1.29 is 35.9 Å². The summed E-state index contributed by atoms with van der Waals surface area (Å²) in [5, 5.41) is 3.40. The number of carbonyl (C=O) groups excluding carboxylic acids is 2. The molecule has 12 heteroatoms. The number of halogens is 3. The van der Waals surface area contributed by atoms with Crippen LogP contribution in [0.1, 0.15) is 45.2 Å². The van der Waals surface area contributed by atoms with Crippen LogP contribution in [-0.4, -0.2) is 44.6 Å². The zero-order chi connectivity index (χ0) is 30.7. The average molecular weight is 602 g/mol. The van der Waals surface area contributed by atoms with Crippen LogP contribution in [0, 0.1) is 12.8 Å². The van der Waals surface area contributed by atoms with Crippen LogP contribution in [0.15, 0.2) is 77.8 Å². The second-order valence-corrected chi connectivity index (χ2v) is 11.7. The van der Waals surface area contributed by atoms with Gasteiger partial charge in [0.2, 0.25) is 0 Å². The molecule has 0 fully saturated rings. The molecule has 0 saturated carbocycles. The Bertz CT molecular complexity index is 1730. The van der Waals surface area contributed by atoms with Crippen LogP contribution in [0.2, 0.25) is 0 Å². The zero-order valence-corrected chi connectivity index (χ0v) is 24.0. The number of aromatic nitrogens is 1. The summed E-state index contributed by atoms with van der Waals surface area (Å²) in [4.78, 5) is 25.5. The van der Waals surface area contributed by atoms with Crippen LogP contribution in [0.4, 0.5) is 13.2 Å². The summed E-state index contributed by atoms with van der Waals surface area (Å²) in [6, 6.07) is 17.8. The third-order valence-electron chi connectivity index (χ3n) is 6.73. The normalized spacial score (nSPS) is 12.6. The van der Waals surface area contributed by atoms with Gasteiger partial charge >= 0.3 is 6.18 Å². The Balaban J connectivity index is 1.51. The Morgan fingerprint density at radius 2 is 1.67 bits per heavy atom. The molecule has 0 radical (unpaired) electrons. The zero-order valence-electron chi connectivity index (χ0n) is 23.2. The van der Waals surface area contributed by atoms with Gasteiger partial charge in [-0.1, -0.05) is 37.3 Å². The molecule has 4 rings (SSSR count). The number of amides is 2. The Hall–Kier alpha value is -4.32. The van der Waals surface area contributed by atoms with Gasteiger partial charge < -0.3 is 14.6 Å². The highest BCUT2D eigenvalue weighted by molar-refractivity contribution is 7.90. The lowest BCUT2D eigenvalue weighted by Gasteiger charge is -2.15. The Kier molecular flexibility index (Phi) is 8.95. The lowest BCUT2D eigenvalue weighted by atomic mass is 10.1. The summed E-state index contributed by atoms with van der Waals surface area (Å²) >= 11 is 0. The van der Waals surface area contributed by atoms with Crippen molar-refractivity contribution in [3.05, 3.63) is 95.2 Å². The fraction of sp³-hybridized carbons (Fsp3) is 0.267. The highest BCUT2D eigenvalue weighted by Crippen LogP contribution is 2.26. The predicted octanol–water partition coefficient (Wildman–Crippen LogP) is 5.44. The average Bonchev–Trinajstić information content (AvgIpc) is 3.32. The van der Waals surface area contributed by atoms with Gasteiger partial charge in [0.25, 0.3) is 21.8 Å². The van der Waals surface area contributed by atoms with Crippen LogP contribution in [0.25, 0.3) is 10.9 Å². The van der Waals surface area contributed by atoms with Gasteiger partial charge in [-0.15, -0.1) is 0 Å². The second-order valence-electron chi connectivity index (χ2n) is 10.1. The number of aryl methyl sites for hydroxylation is 1. The second kappa shape index (κ2) is 12.3. The first-order valence-corrected chi connectivity index (χ1v) is 14.5. The minimum atomic E-state index is -4.30. The molecule has 4 aromatic rings. The van der Waals surface area contributed by atoms with E-state index in [0.717, 1.165) is 5.39 Å². The standard InChI is InChI=1S/C30H30F3N3O5S/c1-19(16-30(31,32)33)17-34-28(37)22-9-8-21-12-13-36(25(21)14-22)18-24-11-10-23(15-26(24)41-3)29(38)35-42(39,40)27-7-5-4-6-20(27)2/h4-15,19H,16-18H2,1-3H3,(H,34,37)(H,35,38)/t19-/m0/s1. The maximum atomic E-state index is 12.8. The fourth-order valence-electron chi connectivity index (χ4n) is 4.59. The fourth-order valence-corrected chi connectivity index (χ4v) is 5.81. The summed E-state index contributed by atoms with van der Waals surface area (Å²) in [7, 11) is -2.66. The number of carbonyl (C=O) groups is 2. The molecule has 0 aliphatic heterocycles. The topological polar surface area (TPSA) is 106 Å². The number of nitrogens with one attached hydrogen (secondary N) is 2. The number of alkyl halides is 3. The molecular weight excluding hydrogens is 571 g/mol. The van der Waals surface area contributed by atoms with Gasteiger partial charge in [0.1, 0.15) is 5.75 Å². The molecule has 8 nitrogen and oxygen atoms in total. The van der Waals surface area contributed by atoms with Crippen LogP contribution in [0.5, 0.6) is 5.75 Å². The van der Waals surface area contributed by atoms with Crippen molar-refractivity contribution in [3.8, 4) is 5.75 Å². The van der Waals surface area contributed by atoms with E-state index < -0.39 is 40.4 Å². The van der Waals surface area contributed by atoms with Crippen LogP contribution >= 0.6 is 0 Å². The smallest absolute Gasteiger partial charge is 0.389 e. The van der Waals surface area contributed by atoms with E-state index in [1.54, 1.807) is 49.4 Å². The molecule has 222 valence electrons. The van der Waals surface area contributed by atoms with E-state index in [1.807, 2.05) is 16.8 Å².